The number of nitrogens with zero attached hydrogens (tertiary/aromatic N) is 2. The zero-order chi connectivity index (χ0) is 80.2. The van der Waals surface area contributed by atoms with Gasteiger partial charge in [-0.05, 0) is 121 Å². The summed E-state index contributed by atoms with van der Waals surface area (Å²) < 4.78 is 44.0. The van der Waals surface area contributed by atoms with Gasteiger partial charge in [0.25, 0.3) is 5.56 Å². The zero-order valence-electron chi connectivity index (χ0n) is 62.2. The number of pyridine rings is 2. The number of cyclic esters (lactones) is 1. The van der Waals surface area contributed by atoms with Crippen molar-refractivity contribution in [2.75, 3.05) is 31.5 Å². The predicted molar refractivity (Wildman–Crippen MR) is 404 cm³/mol. The maximum Gasteiger partial charge on any atom is 0.408 e. The van der Waals surface area contributed by atoms with Crippen LogP contribution < -0.4 is 70.2 Å². The second-order valence-corrected chi connectivity index (χ2v) is 27.6. The molecule has 592 valence electrons. The summed E-state index contributed by atoms with van der Waals surface area (Å²) in [5.41, 5.74) is 15.5. The molecule has 10 rings (SSSR count). The molecule has 7 aromatic rings. The Balaban J connectivity index is 0.713. The van der Waals surface area contributed by atoms with E-state index in [4.69, 9.17) is 40.1 Å². The van der Waals surface area contributed by atoms with Crippen LogP contribution in [0.5, 0.6) is 0 Å². The minimum absolute atomic E-state index is 0.00173. The lowest BCUT2D eigenvalue weighted by atomic mass is 9.81. The number of aliphatic hydroxyl groups is 1. The summed E-state index contributed by atoms with van der Waals surface area (Å²) in [6, 6.07) is 27.4. The number of primary amides is 1. The molecule has 112 heavy (non-hydrogen) atoms. The number of fused-ring (bicyclic) bond motifs is 5. The molecule has 2 unspecified atom stereocenters. The summed E-state index contributed by atoms with van der Waals surface area (Å²) in [5, 5.41) is 38.3. The lowest BCUT2D eigenvalue weighted by molar-refractivity contribution is -0.172. The highest BCUT2D eigenvalue weighted by Crippen LogP contribution is 2.46. The molecule has 7 atom stereocenters. The standard InChI is InChI=1S/C79H91FN14O18/c1-5-79(107)54-34-62-66-52(38-94(62)72(100)53(54)43-108-73(79)101)64-57(31-30-51-45(4)55(80)35-59(88-66)63(51)64)90-76(104)112-42-49-26-28-50(29-27-49)87-70(98)58(25-17-33-84-74(82)102)89-71(99)65(44(2)3)93-67(95)56(81)24-15-16-32-83-68(96)60(91-77(105)110-40-47-20-11-7-12-21-47)36-85-69(97)61(92-78(106)111-41-48-22-13-8-14-23-48)37-86-75(103)109-39-46-18-9-6-10-19-46/h6-14,18-23,26-29,34-35,44,56-58,60-61,65,107H,5,15-17,24-25,30-33,36-43,81H2,1-4H3,(H,83,96)(H,85,97)(H,86,103)(H,87,98)(H,89,99)(H,90,104)(H,91,105)(H,92,106)(H,93,95)(H3,82,84,102)/t56-,57-,58-,60?,61?,65-,79-/m0/s1. The number of hydrogen-bond donors (Lipinski definition) is 13. The Morgan fingerprint density at radius 3 is 1.78 bits per heavy atom. The number of alkyl carbamates (subject to hydrolysis) is 4. The van der Waals surface area contributed by atoms with E-state index in [1.165, 1.54) is 10.6 Å². The maximum absolute atomic E-state index is 15.6. The molecule has 3 aliphatic rings. The van der Waals surface area contributed by atoms with Gasteiger partial charge < -0.3 is 98.0 Å². The number of urea groups is 1. The molecule has 2 aliphatic heterocycles. The van der Waals surface area contributed by atoms with E-state index in [0.29, 0.717) is 85.3 Å². The van der Waals surface area contributed by atoms with Crippen molar-refractivity contribution in [1.82, 2.24) is 57.4 Å². The van der Waals surface area contributed by atoms with E-state index in [0.717, 1.165) is 0 Å². The summed E-state index contributed by atoms with van der Waals surface area (Å²) in [7, 11) is 0. The fourth-order valence-electron chi connectivity index (χ4n) is 13.3. The van der Waals surface area contributed by atoms with Gasteiger partial charge in [-0.25, -0.2) is 38.1 Å². The average molecular weight is 1540 g/mol. The number of aryl methyl sites for hydroxylation is 1. The molecule has 0 saturated heterocycles. The van der Waals surface area contributed by atoms with E-state index in [9.17, 15) is 62.6 Å². The van der Waals surface area contributed by atoms with Crippen molar-refractivity contribution in [2.24, 2.45) is 17.4 Å². The number of hydrogen-bond acceptors (Lipinski definition) is 20. The molecule has 0 radical (unpaired) electrons. The topological polar surface area (TPSA) is 461 Å². The summed E-state index contributed by atoms with van der Waals surface area (Å²) >= 11 is 0. The van der Waals surface area contributed by atoms with Crippen LogP contribution in [0.4, 0.5) is 34.1 Å². The van der Waals surface area contributed by atoms with Gasteiger partial charge in [-0.1, -0.05) is 124 Å². The highest BCUT2D eigenvalue weighted by Gasteiger charge is 2.46. The lowest BCUT2D eigenvalue weighted by Gasteiger charge is -2.31. The molecule has 4 heterocycles. The lowest BCUT2D eigenvalue weighted by Crippen LogP contribution is -2.57. The van der Waals surface area contributed by atoms with Crippen LogP contribution >= 0.6 is 0 Å². The first-order valence-electron chi connectivity index (χ1n) is 36.8. The molecule has 2 aromatic heterocycles. The van der Waals surface area contributed by atoms with Crippen LogP contribution in [0.3, 0.4) is 0 Å². The Bertz CT molecular complexity index is 4690. The second kappa shape index (κ2) is 38.2. The number of esters is 1. The van der Waals surface area contributed by atoms with Gasteiger partial charge in [0, 0.05) is 47.9 Å². The Morgan fingerprint density at radius 2 is 1.19 bits per heavy atom. The fraction of sp³-hybridized carbons (Fsp3) is 0.380. The third-order valence-corrected chi connectivity index (χ3v) is 19.5. The van der Waals surface area contributed by atoms with Crippen molar-refractivity contribution in [3.8, 4) is 11.4 Å². The molecule has 0 saturated carbocycles. The smallest absolute Gasteiger partial charge is 0.408 e. The van der Waals surface area contributed by atoms with Crippen molar-refractivity contribution in [1.29, 1.82) is 0 Å². The monoisotopic (exact) mass is 1540 g/mol. The van der Waals surface area contributed by atoms with Crippen molar-refractivity contribution in [2.45, 2.75) is 160 Å². The van der Waals surface area contributed by atoms with Gasteiger partial charge in [-0.15, -0.1) is 0 Å². The minimum atomic E-state index is -2.08. The number of anilines is 1. The molecule has 33 heteroatoms. The summed E-state index contributed by atoms with van der Waals surface area (Å²) in [5.74, 6) is -5.62. The SMILES string of the molecule is CC[C@@]1(O)C(=O)OCc2c1cc1n(c2=O)Cc2c-1nc1cc(F)c(C)c3c1c2[C@@H](NC(=O)OCc1ccc(NC(=O)[C@H](CCCNC(N)=O)NC(=O)[C@@H](NC(=O)[C@@H](N)CCCCNC(=O)C(CNC(=O)C(CNC(=O)OCc2ccccc2)NC(=O)OCc2ccccc2)NC(=O)OCc2ccccc2)C(C)C)cc1)CC3. The molecule has 0 spiro atoms. The number of amides is 11. The van der Waals surface area contributed by atoms with Crippen LogP contribution in [0.25, 0.3) is 22.3 Å². The number of nitrogens with two attached hydrogens (primary N) is 2. The zero-order valence-corrected chi connectivity index (χ0v) is 62.2. The van der Waals surface area contributed by atoms with Gasteiger partial charge in [0.1, 0.15) is 63.0 Å². The number of nitrogens with one attached hydrogen (secondary N) is 10. The first kappa shape index (κ1) is 82.0. The van der Waals surface area contributed by atoms with Crippen LogP contribution in [0.1, 0.15) is 127 Å². The van der Waals surface area contributed by atoms with Crippen LogP contribution in [-0.2, 0) is 104 Å². The quantitative estimate of drug-likeness (QED) is 0.0131. The van der Waals surface area contributed by atoms with Crippen molar-refractivity contribution < 1.29 is 85.9 Å². The van der Waals surface area contributed by atoms with E-state index >= 15 is 4.39 Å². The normalized spacial score (nSPS) is 15.6. The van der Waals surface area contributed by atoms with Crippen LogP contribution in [-0.4, -0.2) is 137 Å². The molecule has 0 bridgehead atoms. The molecule has 11 amide bonds. The molecule has 0 fully saturated rings. The van der Waals surface area contributed by atoms with E-state index in [1.54, 1.807) is 149 Å². The highest BCUT2D eigenvalue weighted by atomic mass is 19.1. The number of carbonyl (C=O) groups excluding carboxylic acids is 11. The number of carbonyl (C=O) groups is 11. The van der Waals surface area contributed by atoms with Crippen LogP contribution in [0.15, 0.2) is 132 Å². The third-order valence-electron chi connectivity index (χ3n) is 19.5. The Kier molecular flexibility index (Phi) is 28.0. The molecule has 1 aliphatic carbocycles. The third kappa shape index (κ3) is 21.1. The average Bonchev–Trinajstić information content (AvgIpc) is 1.53. The van der Waals surface area contributed by atoms with E-state index < -0.39 is 138 Å². The number of ether oxygens (including phenoxy) is 5. The van der Waals surface area contributed by atoms with Gasteiger partial charge in [0.05, 0.1) is 47.6 Å². The Labute approximate surface area is 643 Å². The van der Waals surface area contributed by atoms with Crippen molar-refractivity contribution in [3.05, 3.63) is 199 Å². The van der Waals surface area contributed by atoms with Crippen LogP contribution in [0.2, 0.25) is 0 Å². The summed E-state index contributed by atoms with van der Waals surface area (Å²) in [6.07, 6.45) is -2.31. The molecule has 5 aromatic carbocycles. The van der Waals surface area contributed by atoms with Crippen molar-refractivity contribution in [3.63, 3.8) is 0 Å². The molecular formula is C79H91FN14O18. The number of unbranched alkanes of at least 4 members (excludes halogenated alkanes) is 1. The Morgan fingerprint density at radius 1 is 0.625 bits per heavy atom. The molecule has 15 N–H and O–H groups in total. The summed E-state index contributed by atoms with van der Waals surface area (Å²) in [4.78, 5) is 166. The predicted octanol–water partition coefficient (Wildman–Crippen LogP) is 5.70. The molecule has 32 nitrogen and oxygen atoms in total. The minimum Gasteiger partial charge on any atom is -0.458 e. The fourth-order valence-corrected chi connectivity index (χ4v) is 13.3. The van der Waals surface area contributed by atoms with Gasteiger partial charge in [-0.2, -0.15) is 0 Å². The first-order valence-corrected chi connectivity index (χ1v) is 36.8. The Hall–Kier alpha value is -12.5. The first-order chi connectivity index (χ1) is 53.8. The van der Waals surface area contributed by atoms with Gasteiger partial charge in [-0.3, -0.25) is 28.8 Å². The highest BCUT2D eigenvalue weighted by molar-refractivity contribution is 5.99. The number of rotatable bonds is 34. The van der Waals surface area contributed by atoms with Gasteiger partial charge in [0.2, 0.25) is 29.5 Å². The van der Waals surface area contributed by atoms with Gasteiger partial charge >= 0.3 is 36.4 Å². The van der Waals surface area contributed by atoms with E-state index in [-0.39, 0.29) is 102 Å². The number of aromatic nitrogens is 2. The maximum atomic E-state index is 15.6. The second-order valence-electron chi connectivity index (χ2n) is 27.6. The van der Waals surface area contributed by atoms with Crippen molar-refractivity contribution >= 4 is 82.5 Å². The van der Waals surface area contributed by atoms with Crippen LogP contribution in [0, 0.1) is 18.7 Å². The molecular weight excluding hydrogens is 1450 g/mol. The van der Waals surface area contributed by atoms with E-state index in [2.05, 4.69) is 53.2 Å². The number of benzene rings is 5. The van der Waals surface area contributed by atoms with Gasteiger partial charge in [0.15, 0.2) is 5.60 Å². The number of halogens is 1. The summed E-state index contributed by atoms with van der Waals surface area (Å²) in [6.45, 7) is 4.70. The largest absolute Gasteiger partial charge is 0.458 e. The van der Waals surface area contributed by atoms with E-state index in [1.807, 2.05) is 0 Å².